The van der Waals surface area contributed by atoms with Gasteiger partial charge in [0.2, 0.25) is 23.6 Å². The lowest BCUT2D eigenvalue weighted by Gasteiger charge is -2.34. The molecule has 4 atom stereocenters. The van der Waals surface area contributed by atoms with E-state index in [0.29, 0.717) is 51.6 Å². The monoisotopic (exact) mass is 488 g/mol. The largest absolute Gasteiger partial charge is 0.342 e. The Bertz CT molecular complexity index is 1030. The summed E-state index contributed by atoms with van der Waals surface area (Å²) in [5.41, 5.74) is 1.84. The van der Waals surface area contributed by atoms with Crippen LogP contribution in [0, 0.1) is 0 Å². The highest BCUT2D eigenvalue weighted by atomic mass is 16.2. The molecular weight excluding hydrogens is 456 g/mol. The van der Waals surface area contributed by atoms with E-state index in [2.05, 4.69) is 10.6 Å². The molecule has 5 rings (SSSR count). The van der Waals surface area contributed by atoms with Gasteiger partial charge in [0.1, 0.15) is 24.2 Å². The van der Waals surface area contributed by atoms with Crippen molar-refractivity contribution in [1.82, 2.24) is 20.4 Å². The predicted molar refractivity (Wildman–Crippen MR) is 134 cm³/mol. The van der Waals surface area contributed by atoms with Gasteiger partial charge in [-0.3, -0.25) is 19.2 Å². The molecule has 2 aromatic rings. The van der Waals surface area contributed by atoms with Gasteiger partial charge in [-0.2, -0.15) is 0 Å². The molecule has 3 aliphatic heterocycles. The van der Waals surface area contributed by atoms with E-state index in [4.69, 9.17) is 0 Å². The Kier molecular flexibility index (Phi) is 7.02. The summed E-state index contributed by atoms with van der Waals surface area (Å²) >= 11 is 0. The number of hydrogen-bond acceptors (Lipinski definition) is 4. The van der Waals surface area contributed by atoms with Gasteiger partial charge in [-0.05, 0) is 36.8 Å². The number of nitrogens with one attached hydrogen (secondary N) is 2. The van der Waals surface area contributed by atoms with Crippen molar-refractivity contribution in [3.8, 4) is 0 Å². The molecule has 0 bridgehead atoms. The van der Waals surface area contributed by atoms with Gasteiger partial charge in [0, 0.05) is 25.9 Å². The molecule has 8 nitrogen and oxygen atoms in total. The summed E-state index contributed by atoms with van der Waals surface area (Å²) < 4.78 is 0. The molecule has 3 fully saturated rings. The third kappa shape index (κ3) is 4.98. The molecule has 2 N–H and O–H groups in total. The van der Waals surface area contributed by atoms with Crippen LogP contribution in [0.5, 0.6) is 0 Å². The minimum Gasteiger partial charge on any atom is -0.342 e. The van der Waals surface area contributed by atoms with Crippen LogP contribution < -0.4 is 10.6 Å². The molecule has 8 heteroatoms. The normalized spacial score (nSPS) is 27.0. The van der Waals surface area contributed by atoms with Crippen molar-refractivity contribution in [2.24, 2.45) is 0 Å². The molecule has 3 heterocycles. The molecule has 2 aromatic carbocycles. The van der Waals surface area contributed by atoms with Crippen molar-refractivity contribution in [3.05, 3.63) is 71.8 Å². The number of carbonyl (C=O) groups excluding carboxylic acids is 4. The van der Waals surface area contributed by atoms with Crippen molar-refractivity contribution < 1.29 is 19.2 Å². The fourth-order valence-electron chi connectivity index (χ4n) is 5.64. The summed E-state index contributed by atoms with van der Waals surface area (Å²) in [5, 5.41) is 5.92. The molecule has 4 amide bonds. The summed E-state index contributed by atoms with van der Waals surface area (Å²) in [6.07, 6.45) is 3.11. The van der Waals surface area contributed by atoms with Gasteiger partial charge in [0.15, 0.2) is 0 Å². The molecule has 0 radical (unpaired) electrons. The fraction of sp³-hybridized carbons (Fsp3) is 0.429. The van der Waals surface area contributed by atoms with Crippen LogP contribution in [-0.2, 0) is 32.0 Å². The van der Waals surface area contributed by atoms with Gasteiger partial charge in [0.25, 0.3) is 0 Å². The van der Waals surface area contributed by atoms with Crippen molar-refractivity contribution in [3.63, 3.8) is 0 Å². The maximum absolute atomic E-state index is 13.7. The number of amides is 4. The van der Waals surface area contributed by atoms with E-state index in [1.54, 1.807) is 9.80 Å². The highest BCUT2D eigenvalue weighted by molar-refractivity contribution is 5.98. The molecule has 188 valence electrons. The predicted octanol–water partition coefficient (Wildman–Crippen LogP) is 1.44. The third-order valence-corrected chi connectivity index (χ3v) is 7.47. The SMILES string of the molecule is O=C1N[C@H](Cc2ccccc2)C(=O)N2CCC[C@H]2C(=O)NC(Cc2ccccc2)C(=O)N2CCC[C@@H]12. The lowest BCUT2D eigenvalue weighted by Crippen LogP contribution is -2.61. The number of hydrogen-bond donors (Lipinski definition) is 2. The Morgan fingerprint density at radius 2 is 1.00 bits per heavy atom. The van der Waals surface area contributed by atoms with E-state index in [0.717, 1.165) is 11.1 Å². The van der Waals surface area contributed by atoms with Crippen molar-refractivity contribution in [2.75, 3.05) is 13.1 Å². The summed E-state index contributed by atoms with van der Waals surface area (Å²) in [6.45, 7) is 0.899. The minimum absolute atomic E-state index is 0.249. The van der Waals surface area contributed by atoms with Crippen LogP contribution in [0.15, 0.2) is 60.7 Å². The zero-order valence-electron chi connectivity index (χ0n) is 20.3. The minimum atomic E-state index is -0.801. The molecule has 0 aromatic heterocycles. The second-order valence-electron chi connectivity index (χ2n) is 9.88. The number of fused-ring (bicyclic) bond motifs is 2. The summed E-state index contributed by atoms with van der Waals surface area (Å²) in [5.74, 6) is -1.12. The summed E-state index contributed by atoms with van der Waals surface area (Å²) in [4.78, 5) is 57.5. The van der Waals surface area contributed by atoms with Gasteiger partial charge >= 0.3 is 0 Å². The Balaban J connectivity index is 1.47. The number of benzene rings is 2. The van der Waals surface area contributed by atoms with E-state index >= 15 is 0 Å². The van der Waals surface area contributed by atoms with E-state index in [1.165, 1.54) is 0 Å². The fourth-order valence-corrected chi connectivity index (χ4v) is 5.64. The number of rotatable bonds is 4. The van der Waals surface area contributed by atoms with E-state index < -0.39 is 24.2 Å². The molecule has 0 saturated carbocycles. The first kappa shape index (κ1) is 24.0. The van der Waals surface area contributed by atoms with Crippen LogP contribution in [-0.4, -0.2) is 70.7 Å². The Labute approximate surface area is 211 Å². The van der Waals surface area contributed by atoms with Gasteiger partial charge < -0.3 is 20.4 Å². The quantitative estimate of drug-likeness (QED) is 0.680. The van der Waals surface area contributed by atoms with Gasteiger partial charge in [-0.25, -0.2) is 0 Å². The molecule has 36 heavy (non-hydrogen) atoms. The van der Waals surface area contributed by atoms with Crippen LogP contribution in [0.1, 0.15) is 36.8 Å². The Morgan fingerprint density at radius 1 is 0.611 bits per heavy atom. The average Bonchev–Trinajstić information content (AvgIpc) is 3.58. The lowest BCUT2D eigenvalue weighted by molar-refractivity contribution is -0.146. The summed E-state index contributed by atoms with van der Waals surface area (Å²) in [6, 6.07) is 16.1. The van der Waals surface area contributed by atoms with E-state index in [1.807, 2.05) is 60.7 Å². The zero-order chi connectivity index (χ0) is 25.1. The number of nitrogens with zero attached hydrogens (tertiary/aromatic N) is 2. The average molecular weight is 489 g/mol. The first-order chi connectivity index (χ1) is 17.5. The van der Waals surface area contributed by atoms with Crippen LogP contribution in [0.2, 0.25) is 0 Å². The maximum atomic E-state index is 13.7. The van der Waals surface area contributed by atoms with E-state index in [-0.39, 0.29) is 23.6 Å². The second kappa shape index (κ2) is 10.5. The molecule has 3 saturated heterocycles. The smallest absolute Gasteiger partial charge is 0.246 e. The van der Waals surface area contributed by atoms with Crippen LogP contribution >= 0.6 is 0 Å². The second-order valence-corrected chi connectivity index (χ2v) is 9.88. The molecule has 1 unspecified atom stereocenters. The van der Waals surface area contributed by atoms with Crippen LogP contribution in [0.3, 0.4) is 0 Å². The maximum Gasteiger partial charge on any atom is 0.246 e. The van der Waals surface area contributed by atoms with Crippen molar-refractivity contribution >= 4 is 23.6 Å². The molecular formula is C28H32N4O4. The lowest BCUT2D eigenvalue weighted by atomic mass is 10.0. The van der Waals surface area contributed by atoms with Crippen LogP contribution in [0.25, 0.3) is 0 Å². The first-order valence-corrected chi connectivity index (χ1v) is 12.8. The third-order valence-electron chi connectivity index (χ3n) is 7.47. The Morgan fingerprint density at radius 3 is 1.39 bits per heavy atom. The molecule has 0 aliphatic carbocycles. The number of carbonyl (C=O) groups is 4. The zero-order valence-corrected chi connectivity index (χ0v) is 20.3. The molecule has 3 aliphatic rings. The van der Waals surface area contributed by atoms with Crippen LogP contribution in [0.4, 0.5) is 0 Å². The van der Waals surface area contributed by atoms with Crippen molar-refractivity contribution in [1.29, 1.82) is 0 Å². The highest BCUT2D eigenvalue weighted by Crippen LogP contribution is 2.24. The summed E-state index contributed by atoms with van der Waals surface area (Å²) in [7, 11) is 0. The Hall–Kier alpha value is -3.68. The van der Waals surface area contributed by atoms with Crippen molar-refractivity contribution in [2.45, 2.75) is 62.7 Å². The van der Waals surface area contributed by atoms with Gasteiger partial charge in [-0.15, -0.1) is 0 Å². The van der Waals surface area contributed by atoms with E-state index in [9.17, 15) is 19.2 Å². The topological polar surface area (TPSA) is 98.8 Å². The van der Waals surface area contributed by atoms with Gasteiger partial charge in [0.05, 0.1) is 0 Å². The molecule has 0 spiro atoms. The highest BCUT2D eigenvalue weighted by Gasteiger charge is 2.43. The van der Waals surface area contributed by atoms with Gasteiger partial charge in [-0.1, -0.05) is 60.7 Å². The first-order valence-electron chi connectivity index (χ1n) is 12.8. The standard InChI is InChI=1S/C28H32N4O4/c33-25-23-13-8-16-32(23)28(36)22(18-20-11-5-2-6-12-20)30-26(34)24-14-7-15-31(24)27(35)21(29-25)17-19-9-3-1-4-10-19/h1-6,9-12,21-24H,7-8,13-18H2,(H,29,33)(H,30,34)/t21-,22?,23+,24+/m1/s1.